The fourth-order valence-electron chi connectivity index (χ4n) is 4.46. The summed E-state index contributed by atoms with van der Waals surface area (Å²) in [6, 6.07) is 21.8. The van der Waals surface area contributed by atoms with Crippen molar-refractivity contribution in [3.63, 3.8) is 0 Å². The molecule has 182 valence electrons. The second kappa shape index (κ2) is 11.6. The van der Waals surface area contributed by atoms with Crippen molar-refractivity contribution in [1.29, 1.82) is 0 Å². The van der Waals surface area contributed by atoms with Crippen LogP contribution in [-0.4, -0.2) is 48.9 Å². The molecule has 0 radical (unpaired) electrons. The van der Waals surface area contributed by atoms with Crippen LogP contribution in [0.3, 0.4) is 0 Å². The number of carbonyl (C=O) groups excluding carboxylic acids is 3. The minimum atomic E-state index is -0.254. The number of esters is 1. The van der Waals surface area contributed by atoms with Crippen molar-refractivity contribution in [1.82, 2.24) is 10.2 Å². The Kier molecular flexibility index (Phi) is 8.14. The maximum atomic E-state index is 13.1. The van der Waals surface area contributed by atoms with Gasteiger partial charge in [0.1, 0.15) is 6.61 Å². The Morgan fingerprint density at radius 1 is 0.943 bits per heavy atom. The maximum Gasteiger partial charge on any atom is 0.309 e. The second-order valence-corrected chi connectivity index (χ2v) is 9.10. The number of hydrogen-bond acceptors (Lipinski definition) is 4. The van der Waals surface area contributed by atoms with Crippen molar-refractivity contribution in [2.45, 2.75) is 32.6 Å². The molecule has 1 saturated heterocycles. The molecule has 2 amide bonds. The minimum absolute atomic E-state index is 0.00182. The highest BCUT2D eigenvalue weighted by atomic mass is 16.5. The van der Waals surface area contributed by atoms with Gasteiger partial charge in [0, 0.05) is 25.1 Å². The monoisotopic (exact) mass is 472 g/mol. The molecule has 0 saturated carbocycles. The number of likely N-dealkylation sites (tertiary alicyclic amines) is 1. The van der Waals surface area contributed by atoms with Crippen molar-refractivity contribution >= 4 is 28.6 Å². The Labute approximate surface area is 206 Å². The van der Waals surface area contributed by atoms with Crippen molar-refractivity contribution < 1.29 is 19.1 Å². The zero-order valence-electron chi connectivity index (χ0n) is 20.2. The Bertz CT molecular complexity index is 1180. The number of rotatable bonds is 8. The Hall–Kier alpha value is -3.67. The lowest BCUT2D eigenvalue weighted by molar-refractivity contribution is -0.150. The standard InChI is InChI=1S/C29H32N2O4/c1-21-9-11-22(12-10-21)13-14-27(32)30-17-20-35-29(34)24-15-18-31(19-16-24)28(33)26-8-4-6-23-5-2-3-7-25(23)26/h2-12,24H,13-20H2,1H3,(H,30,32). The minimum Gasteiger partial charge on any atom is -0.464 e. The highest BCUT2D eigenvalue weighted by molar-refractivity contribution is 6.07. The summed E-state index contributed by atoms with van der Waals surface area (Å²) in [6.45, 7) is 3.54. The fraction of sp³-hybridized carbons (Fsp3) is 0.345. The van der Waals surface area contributed by atoms with Crippen LogP contribution >= 0.6 is 0 Å². The number of nitrogens with zero attached hydrogens (tertiary/aromatic N) is 1. The molecule has 0 aliphatic carbocycles. The first-order valence-electron chi connectivity index (χ1n) is 12.3. The lowest BCUT2D eigenvalue weighted by Gasteiger charge is -2.31. The first-order valence-corrected chi connectivity index (χ1v) is 12.3. The third-order valence-corrected chi connectivity index (χ3v) is 6.57. The van der Waals surface area contributed by atoms with Gasteiger partial charge in [0.25, 0.3) is 5.91 Å². The molecular formula is C29H32N2O4. The molecule has 35 heavy (non-hydrogen) atoms. The average Bonchev–Trinajstić information content (AvgIpc) is 2.90. The third kappa shape index (κ3) is 6.47. The van der Waals surface area contributed by atoms with Crippen molar-refractivity contribution in [2.75, 3.05) is 26.2 Å². The first kappa shape index (κ1) is 24.5. The van der Waals surface area contributed by atoms with Gasteiger partial charge in [-0.3, -0.25) is 14.4 Å². The molecule has 1 aliphatic heterocycles. The van der Waals surface area contributed by atoms with E-state index in [2.05, 4.69) is 5.32 Å². The number of nitrogens with one attached hydrogen (secondary N) is 1. The summed E-state index contributed by atoms with van der Waals surface area (Å²) in [7, 11) is 0. The third-order valence-electron chi connectivity index (χ3n) is 6.57. The smallest absolute Gasteiger partial charge is 0.309 e. The van der Waals surface area contributed by atoms with E-state index in [0.717, 1.165) is 16.3 Å². The summed E-state index contributed by atoms with van der Waals surface area (Å²) in [6.07, 6.45) is 2.25. The number of aryl methyl sites for hydroxylation is 2. The number of benzene rings is 3. The van der Waals surface area contributed by atoms with Crippen LogP contribution in [0.15, 0.2) is 66.7 Å². The maximum absolute atomic E-state index is 13.1. The van der Waals surface area contributed by atoms with Gasteiger partial charge in [0.2, 0.25) is 5.91 Å². The van der Waals surface area contributed by atoms with Gasteiger partial charge in [-0.2, -0.15) is 0 Å². The van der Waals surface area contributed by atoms with E-state index in [0.29, 0.717) is 50.9 Å². The molecular weight excluding hydrogens is 440 g/mol. The zero-order chi connectivity index (χ0) is 24.6. The van der Waals surface area contributed by atoms with Gasteiger partial charge >= 0.3 is 5.97 Å². The number of amides is 2. The van der Waals surface area contributed by atoms with E-state index in [1.807, 2.05) is 78.6 Å². The summed E-state index contributed by atoms with van der Waals surface area (Å²) >= 11 is 0. The van der Waals surface area contributed by atoms with Gasteiger partial charge in [-0.05, 0) is 48.6 Å². The molecule has 1 aliphatic rings. The molecule has 3 aromatic rings. The van der Waals surface area contributed by atoms with Gasteiger partial charge in [-0.25, -0.2) is 0 Å². The molecule has 3 aromatic carbocycles. The molecule has 1 N–H and O–H groups in total. The van der Waals surface area contributed by atoms with Crippen LogP contribution in [0.1, 0.15) is 40.7 Å². The molecule has 1 fully saturated rings. The highest BCUT2D eigenvalue weighted by Gasteiger charge is 2.29. The van der Waals surface area contributed by atoms with E-state index in [-0.39, 0.29) is 30.3 Å². The molecule has 1 heterocycles. The molecule has 4 rings (SSSR count). The molecule has 0 bridgehead atoms. The summed E-state index contributed by atoms with van der Waals surface area (Å²) < 4.78 is 5.39. The average molecular weight is 473 g/mol. The number of ether oxygens (including phenoxy) is 1. The number of hydrogen-bond donors (Lipinski definition) is 1. The van der Waals surface area contributed by atoms with Gasteiger partial charge in [-0.15, -0.1) is 0 Å². The predicted molar refractivity (Wildman–Crippen MR) is 136 cm³/mol. The summed E-state index contributed by atoms with van der Waals surface area (Å²) in [5.41, 5.74) is 3.02. The number of piperidine rings is 1. The quantitative estimate of drug-likeness (QED) is 0.392. The van der Waals surface area contributed by atoms with Crippen LogP contribution in [0.4, 0.5) is 0 Å². The predicted octanol–water partition coefficient (Wildman–Crippen LogP) is 4.29. The molecule has 6 nitrogen and oxygen atoms in total. The van der Waals surface area contributed by atoms with Crippen LogP contribution in [-0.2, 0) is 20.7 Å². The molecule has 0 aromatic heterocycles. The Morgan fingerprint density at radius 2 is 1.66 bits per heavy atom. The van der Waals surface area contributed by atoms with Crippen molar-refractivity contribution in [3.05, 3.63) is 83.4 Å². The molecule has 0 spiro atoms. The lowest BCUT2D eigenvalue weighted by Crippen LogP contribution is -2.41. The SMILES string of the molecule is Cc1ccc(CCC(=O)NCCOC(=O)C2CCN(C(=O)c3cccc4ccccc34)CC2)cc1. The van der Waals surface area contributed by atoms with Crippen molar-refractivity contribution in [3.8, 4) is 0 Å². The normalized spacial score (nSPS) is 14.0. The highest BCUT2D eigenvalue weighted by Crippen LogP contribution is 2.24. The first-order chi connectivity index (χ1) is 17.0. The van der Waals surface area contributed by atoms with Gasteiger partial charge < -0.3 is 15.0 Å². The molecule has 6 heteroatoms. The van der Waals surface area contributed by atoms with Crippen LogP contribution < -0.4 is 5.32 Å². The van der Waals surface area contributed by atoms with E-state index in [1.54, 1.807) is 0 Å². The van der Waals surface area contributed by atoms with Crippen LogP contribution in [0.25, 0.3) is 10.8 Å². The summed E-state index contributed by atoms with van der Waals surface area (Å²) in [5.74, 6) is -0.524. The van der Waals surface area contributed by atoms with Crippen LogP contribution in [0, 0.1) is 12.8 Å². The van der Waals surface area contributed by atoms with Crippen LogP contribution in [0.2, 0.25) is 0 Å². The largest absolute Gasteiger partial charge is 0.464 e. The number of carbonyl (C=O) groups is 3. The van der Waals surface area contributed by atoms with Crippen molar-refractivity contribution in [2.24, 2.45) is 5.92 Å². The van der Waals surface area contributed by atoms with E-state index in [9.17, 15) is 14.4 Å². The summed E-state index contributed by atoms with van der Waals surface area (Å²) in [4.78, 5) is 39.4. The number of fused-ring (bicyclic) bond motifs is 1. The van der Waals surface area contributed by atoms with Gasteiger partial charge in [0.15, 0.2) is 0 Å². The summed E-state index contributed by atoms with van der Waals surface area (Å²) in [5, 5.41) is 4.80. The van der Waals surface area contributed by atoms with Crippen LogP contribution in [0.5, 0.6) is 0 Å². The topological polar surface area (TPSA) is 75.7 Å². The van der Waals surface area contributed by atoms with Gasteiger partial charge in [0.05, 0.1) is 12.5 Å². The Morgan fingerprint density at radius 3 is 2.43 bits per heavy atom. The molecule has 0 unspecified atom stereocenters. The second-order valence-electron chi connectivity index (χ2n) is 9.10. The Balaban J connectivity index is 1.16. The zero-order valence-corrected chi connectivity index (χ0v) is 20.2. The van der Waals surface area contributed by atoms with E-state index in [4.69, 9.17) is 4.74 Å². The lowest BCUT2D eigenvalue weighted by atomic mass is 9.96. The van der Waals surface area contributed by atoms with Gasteiger partial charge in [-0.1, -0.05) is 66.2 Å². The van der Waals surface area contributed by atoms with E-state index in [1.165, 1.54) is 5.56 Å². The molecule has 0 atom stereocenters. The fourth-order valence-corrected chi connectivity index (χ4v) is 4.46. The van der Waals surface area contributed by atoms with E-state index < -0.39 is 0 Å². The van der Waals surface area contributed by atoms with E-state index >= 15 is 0 Å².